The molecule has 0 saturated heterocycles. The van der Waals surface area contributed by atoms with Crippen molar-refractivity contribution in [2.24, 2.45) is 5.92 Å². The maximum atomic E-state index is 12.1. The lowest BCUT2D eigenvalue weighted by Crippen LogP contribution is -2.04. The molecule has 21 heavy (non-hydrogen) atoms. The Morgan fingerprint density at radius 3 is 2.86 bits per heavy atom. The molecular weight excluding hydrogens is 282 g/mol. The van der Waals surface area contributed by atoms with Crippen molar-refractivity contribution < 1.29 is 4.79 Å². The van der Waals surface area contributed by atoms with Crippen LogP contribution in [0.1, 0.15) is 42.4 Å². The Bertz CT molecular complexity index is 634. The zero-order valence-electron chi connectivity index (χ0n) is 12.6. The highest BCUT2D eigenvalue weighted by molar-refractivity contribution is 7.18. The molecule has 112 valence electrons. The quantitative estimate of drug-likeness (QED) is 0.782. The van der Waals surface area contributed by atoms with Crippen molar-refractivity contribution in [1.82, 2.24) is 4.98 Å². The van der Waals surface area contributed by atoms with Crippen molar-refractivity contribution in [2.45, 2.75) is 33.6 Å². The first kappa shape index (κ1) is 15.5. The number of carbonyl (C=O) groups is 1. The van der Waals surface area contributed by atoms with E-state index in [0.29, 0.717) is 28.2 Å². The summed E-state index contributed by atoms with van der Waals surface area (Å²) in [7, 11) is 0. The van der Waals surface area contributed by atoms with E-state index in [4.69, 9.17) is 5.73 Å². The number of rotatable bonds is 6. The Balaban J connectivity index is 2.16. The molecule has 0 fully saturated rings. The van der Waals surface area contributed by atoms with Crippen molar-refractivity contribution in [3.05, 3.63) is 34.7 Å². The molecule has 1 aromatic heterocycles. The fourth-order valence-electron chi connectivity index (χ4n) is 2.04. The van der Waals surface area contributed by atoms with E-state index in [0.717, 1.165) is 12.1 Å². The lowest BCUT2D eigenvalue weighted by atomic mass is 10.1. The first-order valence-electron chi connectivity index (χ1n) is 7.15. The van der Waals surface area contributed by atoms with Crippen molar-refractivity contribution in [3.63, 3.8) is 0 Å². The Labute approximate surface area is 129 Å². The van der Waals surface area contributed by atoms with Gasteiger partial charge in [0.05, 0.1) is 0 Å². The van der Waals surface area contributed by atoms with Crippen LogP contribution < -0.4 is 11.1 Å². The average molecular weight is 303 g/mol. The number of nitrogens with two attached hydrogens (primary N) is 1. The zero-order valence-corrected chi connectivity index (χ0v) is 13.5. The maximum absolute atomic E-state index is 12.1. The topological polar surface area (TPSA) is 68.0 Å². The number of hydrogen-bond donors (Lipinski definition) is 2. The minimum absolute atomic E-state index is 0.0651. The summed E-state index contributed by atoms with van der Waals surface area (Å²) < 4.78 is 0. The van der Waals surface area contributed by atoms with Crippen LogP contribution in [-0.4, -0.2) is 10.8 Å². The molecule has 0 bridgehead atoms. The number of hydrogen-bond acceptors (Lipinski definition) is 5. The number of anilines is 3. The third-order valence-corrected chi connectivity index (χ3v) is 4.11. The average Bonchev–Trinajstić information content (AvgIpc) is 2.79. The van der Waals surface area contributed by atoms with E-state index in [1.54, 1.807) is 0 Å². The minimum atomic E-state index is 0.0651. The minimum Gasteiger partial charge on any atom is -0.382 e. The number of nitrogens with zero attached hydrogens (tertiary/aromatic N) is 1. The highest BCUT2D eigenvalue weighted by Crippen LogP contribution is 2.29. The number of aryl methyl sites for hydroxylation is 1. The van der Waals surface area contributed by atoms with Gasteiger partial charge >= 0.3 is 0 Å². The van der Waals surface area contributed by atoms with E-state index >= 15 is 0 Å². The largest absolute Gasteiger partial charge is 0.382 e. The molecule has 1 heterocycles. The van der Waals surface area contributed by atoms with Gasteiger partial charge < -0.3 is 11.1 Å². The summed E-state index contributed by atoms with van der Waals surface area (Å²) in [5.74, 6) is 0.701. The molecule has 3 N–H and O–H groups in total. The van der Waals surface area contributed by atoms with Gasteiger partial charge in [0.2, 0.25) is 0 Å². The van der Waals surface area contributed by atoms with Crippen LogP contribution in [0.25, 0.3) is 0 Å². The normalized spacial score (nSPS) is 10.9. The number of ketones is 1. The summed E-state index contributed by atoms with van der Waals surface area (Å²) in [5, 5.41) is 3.88. The molecule has 0 aliphatic carbocycles. The van der Waals surface area contributed by atoms with E-state index in [1.807, 2.05) is 26.0 Å². The molecule has 2 aromatic rings. The van der Waals surface area contributed by atoms with Gasteiger partial charge in [0.15, 0.2) is 10.9 Å². The van der Waals surface area contributed by atoms with Crippen molar-refractivity contribution >= 4 is 33.8 Å². The second-order valence-corrected chi connectivity index (χ2v) is 6.43. The molecule has 4 nitrogen and oxygen atoms in total. The van der Waals surface area contributed by atoms with Crippen molar-refractivity contribution in [2.75, 3.05) is 11.1 Å². The van der Waals surface area contributed by atoms with Gasteiger partial charge in [0, 0.05) is 12.1 Å². The van der Waals surface area contributed by atoms with Crippen LogP contribution in [0.2, 0.25) is 0 Å². The van der Waals surface area contributed by atoms with Gasteiger partial charge in [-0.15, -0.1) is 0 Å². The Morgan fingerprint density at radius 1 is 1.43 bits per heavy atom. The Morgan fingerprint density at radius 2 is 2.19 bits per heavy atom. The van der Waals surface area contributed by atoms with Gasteiger partial charge in [-0.2, -0.15) is 0 Å². The van der Waals surface area contributed by atoms with Gasteiger partial charge in [-0.05, 0) is 30.0 Å². The predicted octanol–water partition coefficient (Wildman–Crippen LogP) is 4.26. The van der Waals surface area contributed by atoms with Crippen LogP contribution in [0, 0.1) is 5.92 Å². The van der Waals surface area contributed by atoms with Crippen molar-refractivity contribution in [3.8, 4) is 0 Å². The lowest BCUT2D eigenvalue weighted by Gasteiger charge is -2.04. The molecule has 0 aliphatic heterocycles. The van der Waals surface area contributed by atoms with E-state index in [1.165, 1.54) is 16.9 Å². The third kappa shape index (κ3) is 4.04. The smallest absolute Gasteiger partial charge is 0.189 e. The molecule has 0 atom stereocenters. The molecule has 0 spiro atoms. The second kappa shape index (κ2) is 6.72. The summed E-state index contributed by atoms with van der Waals surface area (Å²) in [6, 6.07) is 8.14. The van der Waals surface area contributed by atoms with Gasteiger partial charge in [-0.1, -0.05) is 44.2 Å². The number of carbonyl (C=O) groups excluding carboxylic acids is 1. The maximum Gasteiger partial charge on any atom is 0.189 e. The fraction of sp³-hybridized carbons (Fsp3) is 0.375. The number of thiazole rings is 1. The Kier molecular flexibility index (Phi) is 4.96. The van der Waals surface area contributed by atoms with Gasteiger partial charge in [-0.3, -0.25) is 4.79 Å². The number of benzene rings is 1. The van der Waals surface area contributed by atoms with Crippen LogP contribution in [0.15, 0.2) is 24.3 Å². The number of nitrogens with one attached hydrogen (secondary N) is 1. The molecule has 0 aliphatic rings. The first-order valence-corrected chi connectivity index (χ1v) is 7.96. The Hall–Kier alpha value is -1.88. The highest BCUT2D eigenvalue weighted by atomic mass is 32.1. The number of aromatic nitrogens is 1. The van der Waals surface area contributed by atoms with E-state index in [9.17, 15) is 4.79 Å². The van der Waals surface area contributed by atoms with Gasteiger partial charge in [0.25, 0.3) is 0 Å². The van der Waals surface area contributed by atoms with E-state index < -0.39 is 0 Å². The second-order valence-electron chi connectivity index (χ2n) is 5.43. The lowest BCUT2D eigenvalue weighted by molar-refractivity contribution is 0.0972. The van der Waals surface area contributed by atoms with E-state index in [-0.39, 0.29) is 5.78 Å². The molecule has 0 amide bonds. The fourth-order valence-corrected chi connectivity index (χ4v) is 2.89. The molecule has 0 unspecified atom stereocenters. The van der Waals surface area contributed by atoms with Crippen LogP contribution in [0.4, 0.5) is 16.6 Å². The summed E-state index contributed by atoms with van der Waals surface area (Å²) in [6.07, 6.45) is 1.48. The summed E-state index contributed by atoms with van der Waals surface area (Å²) >= 11 is 1.32. The predicted molar refractivity (Wildman–Crippen MR) is 89.4 cm³/mol. The molecule has 5 heteroatoms. The van der Waals surface area contributed by atoms with Crippen LogP contribution in [-0.2, 0) is 6.42 Å². The summed E-state index contributed by atoms with van der Waals surface area (Å²) in [5.41, 5.74) is 8.08. The number of Topliss-reactive ketones (excluding diaryl/α,β-unsaturated/α-hetero) is 1. The number of nitrogen functional groups attached to an aromatic ring is 1. The molecule has 0 saturated carbocycles. The molecular formula is C16H21N3OS. The highest BCUT2D eigenvalue weighted by Gasteiger charge is 2.17. The molecule has 2 rings (SSSR count). The standard InChI is InChI=1S/C16H21N3OS/c1-4-11-6-5-7-12(9-11)18-16-19-15(17)14(21-16)13(20)8-10(2)3/h5-7,9-10H,4,8,17H2,1-3H3,(H,18,19). The van der Waals surface area contributed by atoms with Crippen LogP contribution in [0.5, 0.6) is 0 Å². The summed E-state index contributed by atoms with van der Waals surface area (Å²) in [4.78, 5) is 16.9. The van der Waals surface area contributed by atoms with Crippen LogP contribution >= 0.6 is 11.3 Å². The SMILES string of the molecule is CCc1cccc(Nc2nc(N)c(C(=O)CC(C)C)s2)c1. The summed E-state index contributed by atoms with van der Waals surface area (Å²) in [6.45, 7) is 6.15. The monoisotopic (exact) mass is 303 g/mol. The van der Waals surface area contributed by atoms with Gasteiger partial charge in [0.1, 0.15) is 10.7 Å². The molecule has 0 radical (unpaired) electrons. The van der Waals surface area contributed by atoms with Crippen LogP contribution in [0.3, 0.4) is 0 Å². The van der Waals surface area contributed by atoms with Gasteiger partial charge in [-0.25, -0.2) is 4.98 Å². The zero-order chi connectivity index (χ0) is 15.4. The van der Waals surface area contributed by atoms with E-state index in [2.05, 4.69) is 29.4 Å². The third-order valence-electron chi connectivity index (χ3n) is 3.09. The van der Waals surface area contributed by atoms with Crippen molar-refractivity contribution in [1.29, 1.82) is 0 Å². The molecule has 1 aromatic carbocycles. The first-order chi connectivity index (χ1) is 9.99.